The molecule has 2 aromatic rings. The number of benzene rings is 2. The zero-order chi connectivity index (χ0) is 11.4. The molecule has 2 aromatic carbocycles. The van der Waals surface area contributed by atoms with Gasteiger partial charge in [-0.25, -0.2) is 0 Å². The highest BCUT2D eigenvalue weighted by Gasteiger charge is 2.01. The Bertz CT molecular complexity index is 480. The maximum Gasteiger partial charge on any atom is -0.0181 e. The number of rotatable bonds is 3. The predicted molar refractivity (Wildman–Crippen MR) is 70.4 cm³/mol. The molecule has 0 aromatic heterocycles. The van der Waals surface area contributed by atoms with Gasteiger partial charge in [-0.15, -0.1) is 0 Å². The molecule has 0 aliphatic heterocycles. The number of hydrogen-bond acceptors (Lipinski definition) is 0. The zero-order valence-corrected chi connectivity index (χ0v) is 9.61. The van der Waals surface area contributed by atoms with Gasteiger partial charge in [0.1, 0.15) is 0 Å². The van der Waals surface area contributed by atoms with Crippen LogP contribution in [0.1, 0.15) is 23.6 Å². The summed E-state index contributed by atoms with van der Waals surface area (Å²) in [6, 6.07) is 18.9. The summed E-state index contributed by atoms with van der Waals surface area (Å²) < 4.78 is 0. The van der Waals surface area contributed by atoms with Gasteiger partial charge in [-0.1, -0.05) is 68.1 Å². The Morgan fingerprint density at radius 3 is 2.31 bits per heavy atom. The van der Waals surface area contributed by atoms with E-state index in [1.807, 2.05) is 18.2 Å². The molecule has 0 bridgehead atoms. The Balaban J connectivity index is 2.34. The maximum absolute atomic E-state index is 4.17. The standard InChI is InChI=1S/C16H16/c1-3-14-8-7-11-16(12-14)13(2)15-9-5-4-6-10-15/h4-12H,2-3H2,1H3. The fourth-order valence-corrected chi connectivity index (χ4v) is 1.78. The first-order chi connectivity index (χ1) is 7.81. The van der Waals surface area contributed by atoms with E-state index in [9.17, 15) is 0 Å². The minimum atomic E-state index is 1.07. The Labute approximate surface area is 97.3 Å². The average molecular weight is 208 g/mol. The lowest BCUT2D eigenvalue weighted by Crippen LogP contribution is -1.88. The lowest BCUT2D eigenvalue weighted by atomic mass is 9.97. The van der Waals surface area contributed by atoms with Gasteiger partial charge in [0.2, 0.25) is 0 Å². The number of aryl methyl sites for hydroxylation is 1. The normalized spacial score (nSPS) is 10.1. The lowest BCUT2D eigenvalue weighted by Gasteiger charge is -2.07. The Kier molecular flexibility index (Phi) is 3.21. The highest BCUT2D eigenvalue weighted by atomic mass is 14.1. The molecule has 0 aliphatic rings. The van der Waals surface area contributed by atoms with Crippen LogP contribution in [0.2, 0.25) is 0 Å². The van der Waals surface area contributed by atoms with Gasteiger partial charge in [0.25, 0.3) is 0 Å². The molecule has 0 nitrogen and oxygen atoms in total. The van der Waals surface area contributed by atoms with Crippen LogP contribution < -0.4 is 0 Å². The van der Waals surface area contributed by atoms with E-state index in [4.69, 9.17) is 0 Å². The van der Waals surface area contributed by atoms with Crippen LogP contribution in [0.25, 0.3) is 5.57 Å². The summed E-state index contributed by atoms with van der Waals surface area (Å²) in [5, 5.41) is 0. The second-order valence-corrected chi connectivity index (χ2v) is 3.90. The largest absolute Gasteiger partial charge is 0.0906 e. The van der Waals surface area contributed by atoms with Gasteiger partial charge >= 0.3 is 0 Å². The topological polar surface area (TPSA) is 0 Å². The Morgan fingerprint density at radius 2 is 1.62 bits per heavy atom. The second kappa shape index (κ2) is 4.80. The monoisotopic (exact) mass is 208 g/mol. The summed E-state index contributed by atoms with van der Waals surface area (Å²) in [6.07, 6.45) is 1.07. The quantitative estimate of drug-likeness (QED) is 0.705. The molecule has 0 unspecified atom stereocenters. The molecule has 0 aliphatic carbocycles. The van der Waals surface area contributed by atoms with Crippen LogP contribution >= 0.6 is 0 Å². The number of hydrogen-bond donors (Lipinski definition) is 0. The van der Waals surface area contributed by atoms with Gasteiger partial charge in [0.15, 0.2) is 0 Å². The van der Waals surface area contributed by atoms with Crippen molar-refractivity contribution in [2.75, 3.05) is 0 Å². The Hall–Kier alpha value is -1.82. The van der Waals surface area contributed by atoms with E-state index < -0.39 is 0 Å². The van der Waals surface area contributed by atoms with E-state index in [2.05, 4.69) is 49.9 Å². The van der Waals surface area contributed by atoms with Gasteiger partial charge < -0.3 is 0 Å². The molecule has 0 N–H and O–H groups in total. The van der Waals surface area contributed by atoms with E-state index in [0.717, 1.165) is 12.0 Å². The molecule has 0 heterocycles. The average Bonchev–Trinajstić information content (AvgIpc) is 2.39. The van der Waals surface area contributed by atoms with Gasteiger partial charge in [-0.3, -0.25) is 0 Å². The maximum atomic E-state index is 4.17. The highest BCUT2D eigenvalue weighted by molar-refractivity contribution is 5.78. The summed E-state index contributed by atoms with van der Waals surface area (Å²) in [5.41, 5.74) is 4.85. The van der Waals surface area contributed by atoms with E-state index >= 15 is 0 Å². The van der Waals surface area contributed by atoms with Crippen molar-refractivity contribution < 1.29 is 0 Å². The first kappa shape index (κ1) is 10.7. The third-order valence-electron chi connectivity index (χ3n) is 2.81. The van der Waals surface area contributed by atoms with E-state index in [0.29, 0.717) is 0 Å². The van der Waals surface area contributed by atoms with Crippen LogP contribution in [0.4, 0.5) is 0 Å². The molecule has 0 saturated heterocycles. The predicted octanol–water partition coefficient (Wildman–Crippen LogP) is 4.31. The zero-order valence-electron chi connectivity index (χ0n) is 9.61. The van der Waals surface area contributed by atoms with E-state index in [1.165, 1.54) is 16.7 Å². The van der Waals surface area contributed by atoms with Gasteiger partial charge in [-0.2, -0.15) is 0 Å². The van der Waals surface area contributed by atoms with Crippen LogP contribution in [0.3, 0.4) is 0 Å². The first-order valence-electron chi connectivity index (χ1n) is 5.65. The molecule has 0 fully saturated rings. The van der Waals surface area contributed by atoms with Gasteiger partial charge in [-0.05, 0) is 28.7 Å². The summed E-state index contributed by atoms with van der Waals surface area (Å²) in [7, 11) is 0. The molecular weight excluding hydrogens is 192 g/mol. The van der Waals surface area contributed by atoms with Crippen molar-refractivity contribution in [1.29, 1.82) is 0 Å². The van der Waals surface area contributed by atoms with Crippen LogP contribution in [0, 0.1) is 0 Å². The van der Waals surface area contributed by atoms with Crippen LogP contribution in [0.5, 0.6) is 0 Å². The van der Waals surface area contributed by atoms with Crippen molar-refractivity contribution in [2.45, 2.75) is 13.3 Å². The van der Waals surface area contributed by atoms with Crippen molar-refractivity contribution >= 4 is 5.57 Å². The molecule has 2 rings (SSSR count). The summed E-state index contributed by atoms with van der Waals surface area (Å²) >= 11 is 0. The summed E-state index contributed by atoms with van der Waals surface area (Å²) in [4.78, 5) is 0. The Morgan fingerprint density at radius 1 is 0.938 bits per heavy atom. The van der Waals surface area contributed by atoms with Crippen molar-refractivity contribution in [2.24, 2.45) is 0 Å². The van der Waals surface area contributed by atoms with Crippen molar-refractivity contribution in [3.8, 4) is 0 Å². The molecule has 0 saturated carbocycles. The molecule has 0 atom stereocenters. The molecule has 0 radical (unpaired) electrons. The third-order valence-corrected chi connectivity index (χ3v) is 2.81. The molecule has 80 valence electrons. The molecule has 16 heavy (non-hydrogen) atoms. The summed E-state index contributed by atoms with van der Waals surface area (Å²) in [6.45, 7) is 6.34. The van der Waals surface area contributed by atoms with Crippen LogP contribution in [-0.4, -0.2) is 0 Å². The lowest BCUT2D eigenvalue weighted by molar-refractivity contribution is 1.14. The minimum absolute atomic E-state index is 1.07. The summed E-state index contributed by atoms with van der Waals surface area (Å²) in [5.74, 6) is 0. The molecule has 0 amide bonds. The van der Waals surface area contributed by atoms with Crippen molar-refractivity contribution in [1.82, 2.24) is 0 Å². The van der Waals surface area contributed by atoms with E-state index in [-0.39, 0.29) is 0 Å². The van der Waals surface area contributed by atoms with Crippen molar-refractivity contribution in [3.05, 3.63) is 77.9 Å². The van der Waals surface area contributed by atoms with Crippen LogP contribution in [0.15, 0.2) is 61.2 Å². The van der Waals surface area contributed by atoms with Gasteiger partial charge in [0.05, 0.1) is 0 Å². The van der Waals surface area contributed by atoms with Crippen molar-refractivity contribution in [3.63, 3.8) is 0 Å². The SMILES string of the molecule is C=C(c1ccccc1)c1cccc(CC)c1. The molecular formula is C16H16. The molecule has 0 spiro atoms. The second-order valence-electron chi connectivity index (χ2n) is 3.90. The first-order valence-corrected chi connectivity index (χ1v) is 5.65. The highest BCUT2D eigenvalue weighted by Crippen LogP contribution is 2.22. The minimum Gasteiger partial charge on any atom is -0.0906 e. The van der Waals surface area contributed by atoms with E-state index in [1.54, 1.807) is 0 Å². The smallest absolute Gasteiger partial charge is 0.0181 e. The third kappa shape index (κ3) is 2.22. The van der Waals surface area contributed by atoms with Crippen LogP contribution in [-0.2, 0) is 6.42 Å². The fraction of sp³-hybridized carbons (Fsp3) is 0.125. The fourth-order valence-electron chi connectivity index (χ4n) is 1.78. The molecule has 0 heteroatoms. The van der Waals surface area contributed by atoms with Gasteiger partial charge in [0, 0.05) is 0 Å².